The summed E-state index contributed by atoms with van der Waals surface area (Å²) < 4.78 is 20.0. The van der Waals surface area contributed by atoms with Crippen LogP contribution in [0, 0.1) is 9.58 Å². The number of rotatable bonds is 2. The predicted molar refractivity (Wildman–Crippen MR) is 101 cm³/mol. The first-order chi connectivity index (χ1) is 10.9. The Hall–Kier alpha value is -1.13. The van der Waals surface area contributed by atoms with Gasteiger partial charge in [0.25, 0.3) is 5.91 Å². The Bertz CT molecular complexity index is 813. The molecule has 118 valence electrons. The summed E-state index contributed by atoms with van der Waals surface area (Å²) in [7, 11) is 1.65. The van der Waals surface area contributed by atoms with Crippen molar-refractivity contribution >= 4 is 73.1 Å². The van der Waals surface area contributed by atoms with Crippen LogP contribution < -0.4 is 0 Å². The fourth-order valence-electron chi connectivity index (χ4n) is 1.84. The zero-order valence-corrected chi connectivity index (χ0v) is 16.3. The van der Waals surface area contributed by atoms with Crippen molar-refractivity contribution in [2.24, 2.45) is 4.99 Å². The molecule has 0 aliphatic carbocycles. The third kappa shape index (κ3) is 3.69. The lowest BCUT2D eigenvalue weighted by Crippen LogP contribution is -2.23. The highest BCUT2D eigenvalue weighted by Crippen LogP contribution is 2.34. The molecule has 4 nitrogen and oxygen atoms in total. The van der Waals surface area contributed by atoms with E-state index in [1.54, 1.807) is 31.3 Å². The van der Waals surface area contributed by atoms with Crippen molar-refractivity contribution in [1.29, 1.82) is 0 Å². The van der Waals surface area contributed by atoms with Crippen molar-refractivity contribution in [3.8, 4) is 0 Å². The van der Waals surface area contributed by atoms with Gasteiger partial charge >= 0.3 is 0 Å². The first kappa shape index (κ1) is 16.7. The molecule has 0 atom stereocenters. The monoisotopic (exact) mass is 506 g/mol. The summed E-state index contributed by atoms with van der Waals surface area (Å²) in [6.07, 6.45) is 1.68. The van der Waals surface area contributed by atoms with Gasteiger partial charge in [0.15, 0.2) is 8.93 Å². The van der Waals surface area contributed by atoms with Gasteiger partial charge < -0.3 is 4.42 Å². The fraction of sp³-hybridized carbons (Fsp3) is 0.0667. The van der Waals surface area contributed by atoms with Crippen molar-refractivity contribution < 1.29 is 13.6 Å². The number of thioether (sulfide) groups is 1. The molecular formula is C15H9BrFIN2O2S. The minimum Gasteiger partial charge on any atom is -0.450 e. The Morgan fingerprint density at radius 2 is 2.09 bits per heavy atom. The fourth-order valence-corrected chi connectivity index (χ4v) is 3.52. The number of hydrogen-bond donors (Lipinski definition) is 0. The van der Waals surface area contributed by atoms with Gasteiger partial charge in [-0.05, 0) is 58.0 Å². The van der Waals surface area contributed by atoms with Crippen molar-refractivity contribution in [2.75, 3.05) is 7.05 Å². The van der Waals surface area contributed by atoms with E-state index in [-0.39, 0.29) is 11.7 Å². The molecule has 1 aliphatic heterocycles. The summed E-state index contributed by atoms with van der Waals surface area (Å²) in [5, 5.41) is 0.535. The Kier molecular flexibility index (Phi) is 4.93. The molecular weight excluding hydrogens is 498 g/mol. The number of carbonyl (C=O) groups is 1. The Labute approximate surface area is 158 Å². The van der Waals surface area contributed by atoms with Gasteiger partial charge in [-0.1, -0.05) is 0 Å². The molecule has 1 amide bonds. The molecule has 0 spiro atoms. The SMILES string of the molecule is CN1C(=O)/C(=C/c2cc(Br)c(I)o2)SC1=Nc1ccc(F)cc1. The molecule has 1 aromatic carbocycles. The number of benzene rings is 1. The van der Waals surface area contributed by atoms with E-state index < -0.39 is 0 Å². The summed E-state index contributed by atoms with van der Waals surface area (Å²) in [5.41, 5.74) is 0.588. The van der Waals surface area contributed by atoms with E-state index in [4.69, 9.17) is 4.42 Å². The van der Waals surface area contributed by atoms with E-state index in [0.29, 0.717) is 21.5 Å². The molecule has 2 aromatic rings. The van der Waals surface area contributed by atoms with Crippen LogP contribution in [0.2, 0.25) is 0 Å². The van der Waals surface area contributed by atoms with Crippen LogP contribution >= 0.6 is 50.3 Å². The topological polar surface area (TPSA) is 45.8 Å². The lowest BCUT2D eigenvalue weighted by atomic mass is 10.3. The number of likely N-dealkylation sites (N-methyl/N-ethyl adjacent to an activating group) is 1. The average Bonchev–Trinajstić information content (AvgIpc) is 2.96. The highest BCUT2D eigenvalue weighted by Gasteiger charge is 2.30. The number of aliphatic imine (C=N–C) groups is 1. The number of halogens is 3. The van der Waals surface area contributed by atoms with Gasteiger partial charge in [-0.25, -0.2) is 9.38 Å². The van der Waals surface area contributed by atoms with Gasteiger partial charge in [-0.2, -0.15) is 0 Å². The number of carbonyl (C=O) groups excluding carboxylic acids is 1. The lowest BCUT2D eigenvalue weighted by Gasteiger charge is -2.06. The molecule has 8 heteroatoms. The molecule has 23 heavy (non-hydrogen) atoms. The molecule has 0 unspecified atom stereocenters. The largest absolute Gasteiger partial charge is 0.450 e. The van der Waals surface area contributed by atoms with Gasteiger partial charge in [0, 0.05) is 35.7 Å². The lowest BCUT2D eigenvalue weighted by molar-refractivity contribution is -0.121. The van der Waals surface area contributed by atoms with Crippen LogP contribution in [0.25, 0.3) is 6.08 Å². The van der Waals surface area contributed by atoms with Gasteiger partial charge in [0.1, 0.15) is 11.6 Å². The molecule has 0 bridgehead atoms. The predicted octanol–water partition coefficient (Wildman–Crippen LogP) is 5.02. The first-order valence-electron chi connectivity index (χ1n) is 6.41. The highest BCUT2D eigenvalue weighted by molar-refractivity contribution is 14.1. The molecule has 3 rings (SSSR count). The minimum atomic E-state index is -0.323. The maximum Gasteiger partial charge on any atom is 0.266 e. The second-order valence-electron chi connectivity index (χ2n) is 4.62. The van der Waals surface area contributed by atoms with Crippen LogP contribution in [0.1, 0.15) is 5.76 Å². The smallest absolute Gasteiger partial charge is 0.266 e. The summed E-state index contributed by atoms with van der Waals surface area (Å²) in [6, 6.07) is 7.60. The molecule has 1 saturated heterocycles. The average molecular weight is 507 g/mol. The van der Waals surface area contributed by atoms with E-state index in [9.17, 15) is 9.18 Å². The molecule has 2 heterocycles. The van der Waals surface area contributed by atoms with Gasteiger partial charge in [0.2, 0.25) is 0 Å². The Balaban J connectivity index is 1.89. The van der Waals surface area contributed by atoms with Gasteiger partial charge in [0.05, 0.1) is 15.1 Å². The number of nitrogens with zero attached hydrogens (tertiary/aromatic N) is 2. The number of amidine groups is 1. The van der Waals surface area contributed by atoms with Crippen molar-refractivity contribution in [3.05, 3.63) is 55.1 Å². The second kappa shape index (κ2) is 6.78. The van der Waals surface area contributed by atoms with E-state index in [1.807, 2.05) is 0 Å². The Morgan fingerprint density at radius 1 is 1.39 bits per heavy atom. The van der Waals surface area contributed by atoms with Gasteiger partial charge in [-0.15, -0.1) is 0 Å². The van der Waals surface area contributed by atoms with Crippen LogP contribution in [0.3, 0.4) is 0 Å². The van der Waals surface area contributed by atoms with Crippen molar-refractivity contribution in [3.63, 3.8) is 0 Å². The number of amides is 1. The van der Waals surface area contributed by atoms with Gasteiger partial charge in [-0.3, -0.25) is 9.69 Å². The second-order valence-corrected chi connectivity index (χ2v) is 7.46. The standard InChI is InChI=1S/C15H9BrFIN2O2S/c1-20-14(21)12(7-10-6-11(16)13(18)22-10)23-15(20)19-9-4-2-8(17)3-5-9/h2-7H,1H3/b12-7-,19-15?. The summed E-state index contributed by atoms with van der Waals surface area (Å²) >= 11 is 6.68. The van der Waals surface area contributed by atoms with Crippen LogP contribution in [-0.4, -0.2) is 23.0 Å². The summed E-state index contributed by atoms with van der Waals surface area (Å²) in [4.78, 5) is 18.7. The molecule has 1 aliphatic rings. The van der Waals surface area contributed by atoms with E-state index in [1.165, 1.54) is 28.8 Å². The van der Waals surface area contributed by atoms with E-state index in [0.717, 1.165) is 8.24 Å². The number of furan rings is 1. The van der Waals surface area contributed by atoms with Crippen LogP contribution in [0.5, 0.6) is 0 Å². The third-order valence-corrected chi connectivity index (χ3v) is 6.18. The maximum absolute atomic E-state index is 12.9. The molecule has 0 radical (unpaired) electrons. The number of hydrogen-bond acceptors (Lipinski definition) is 4. The molecule has 1 fully saturated rings. The quantitative estimate of drug-likeness (QED) is 0.424. The molecule has 0 N–H and O–H groups in total. The summed E-state index contributed by atoms with van der Waals surface area (Å²) in [6.45, 7) is 0. The first-order valence-corrected chi connectivity index (χ1v) is 9.09. The molecule has 0 saturated carbocycles. The Morgan fingerprint density at radius 3 is 2.70 bits per heavy atom. The third-order valence-electron chi connectivity index (χ3n) is 2.99. The van der Waals surface area contributed by atoms with Crippen molar-refractivity contribution in [1.82, 2.24) is 4.90 Å². The van der Waals surface area contributed by atoms with Crippen LogP contribution in [0.4, 0.5) is 10.1 Å². The van der Waals surface area contributed by atoms with Crippen LogP contribution in [-0.2, 0) is 4.79 Å². The normalized spacial score (nSPS) is 18.4. The highest BCUT2D eigenvalue weighted by atomic mass is 127. The summed E-state index contributed by atoms with van der Waals surface area (Å²) in [5.74, 6) is 0.114. The van der Waals surface area contributed by atoms with Crippen molar-refractivity contribution in [2.45, 2.75) is 0 Å². The zero-order chi connectivity index (χ0) is 16.6. The van der Waals surface area contributed by atoms with E-state index in [2.05, 4.69) is 43.5 Å². The zero-order valence-electron chi connectivity index (χ0n) is 11.7. The molecule has 1 aromatic heterocycles. The van der Waals surface area contributed by atoms with E-state index >= 15 is 0 Å². The van der Waals surface area contributed by atoms with Crippen LogP contribution in [0.15, 0.2) is 49.1 Å². The maximum atomic E-state index is 12.9. The minimum absolute atomic E-state index is 0.154.